The predicted octanol–water partition coefficient (Wildman–Crippen LogP) is 4.61. The second-order valence-electron chi connectivity index (χ2n) is 4.76. The van der Waals surface area contributed by atoms with Crippen molar-refractivity contribution in [3.8, 4) is 0 Å². The molecule has 0 spiro atoms. The Balaban J connectivity index is 2.26. The molecule has 0 fully saturated rings. The van der Waals surface area contributed by atoms with Crippen molar-refractivity contribution in [2.75, 3.05) is 18.5 Å². The fraction of sp³-hybridized carbons (Fsp3) is 0.125. The van der Waals surface area contributed by atoms with Crippen molar-refractivity contribution < 1.29 is 0 Å². The smallest absolute Gasteiger partial charge is 0.104 e. The van der Waals surface area contributed by atoms with Crippen LogP contribution in [-0.2, 0) is 0 Å². The van der Waals surface area contributed by atoms with Gasteiger partial charge in [0.25, 0.3) is 0 Å². The molecular weight excluding hydrogens is 323 g/mol. The molecule has 0 amide bonds. The van der Waals surface area contributed by atoms with Crippen LogP contribution in [0.25, 0.3) is 0 Å². The highest BCUT2D eigenvalue weighted by Gasteiger charge is 2.21. The van der Waals surface area contributed by atoms with E-state index in [4.69, 9.17) is 35.4 Å². The Morgan fingerprint density at radius 2 is 1.86 bits per heavy atom. The number of halogens is 2. The number of nitrogens with zero attached hydrogens (tertiary/aromatic N) is 2. The van der Waals surface area contributed by atoms with Crippen LogP contribution < -0.4 is 4.90 Å². The molecule has 0 radical (unpaired) electrons. The van der Waals surface area contributed by atoms with Crippen molar-refractivity contribution in [2.45, 2.75) is 0 Å². The summed E-state index contributed by atoms with van der Waals surface area (Å²) in [6, 6.07) is 13.4. The van der Waals surface area contributed by atoms with E-state index in [-0.39, 0.29) is 0 Å². The van der Waals surface area contributed by atoms with Gasteiger partial charge in [-0.05, 0) is 24.3 Å². The van der Waals surface area contributed by atoms with E-state index in [1.54, 1.807) is 0 Å². The van der Waals surface area contributed by atoms with E-state index in [1.165, 1.54) is 0 Å². The van der Waals surface area contributed by atoms with Gasteiger partial charge in [0.15, 0.2) is 0 Å². The van der Waals surface area contributed by atoms with Gasteiger partial charge in [-0.15, -0.1) is 0 Å². The van der Waals surface area contributed by atoms with Crippen LogP contribution in [0.3, 0.4) is 0 Å². The van der Waals surface area contributed by atoms with Gasteiger partial charge < -0.3 is 4.90 Å². The minimum atomic E-state index is 0.457. The fourth-order valence-corrected chi connectivity index (χ4v) is 2.91. The van der Waals surface area contributed by atoms with Crippen LogP contribution in [0.4, 0.5) is 5.69 Å². The minimum absolute atomic E-state index is 0.457. The van der Waals surface area contributed by atoms with E-state index < -0.39 is 0 Å². The molecular formula is C16H12Cl2N2S. The van der Waals surface area contributed by atoms with E-state index in [2.05, 4.69) is 4.99 Å². The van der Waals surface area contributed by atoms with Crippen molar-refractivity contribution in [3.63, 3.8) is 0 Å². The summed E-state index contributed by atoms with van der Waals surface area (Å²) in [6.07, 6.45) is 0. The Labute approximate surface area is 139 Å². The van der Waals surface area contributed by atoms with Crippen LogP contribution in [-0.4, -0.2) is 24.3 Å². The van der Waals surface area contributed by atoms with Gasteiger partial charge >= 0.3 is 0 Å². The summed E-state index contributed by atoms with van der Waals surface area (Å²) in [6.45, 7) is 0.457. The van der Waals surface area contributed by atoms with Crippen LogP contribution >= 0.6 is 35.4 Å². The summed E-state index contributed by atoms with van der Waals surface area (Å²) in [7, 11) is 1.94. The highest BCUT2D eigenvalue weighted by atomic mass is 35.5. The first-order chi connectivity index (χ1) is 10.1. The van der Waals surface area contributed by atoms with E-state index >= 15 is 0 Å². The lowest BCUT2D eigenvalue weighted by Crippen LogP contribution is -2.26. The zero-order chi connectivity index (χ0) is 15.0. The van der Waals surface area contributed by atoms with Crippen molar-refractivity contribution in [2.24, 2.45) is 4.99 Å². The van der Waals surface area contributed by atoms with Gasteiger partial charge in [0, 0.05) is 28.2 Å². The van der Waals surface area contributed by atoms with Gasteiger partial charge in [-0.1, -0.05) is 53.6 Å². The molecule has 1 aliphatic heterocycles. The number of benzodiazepines with no additional fused rings is 1. The van der Waals surface area contributed by atoms with Gasteiger partial charge in [-0.25, -0.2) is 0 Å². The van der Waals surface area contributed by atoms with Gasteiger partial charge in [-0.2, -0.15) is 0 Å². The first-order valence-electron chi connectivity index (χ1n) is 6.44. The average Bonchev–Trinajstić information content (AvgIpc) is 2.59. The summed E-state index contributed by atoms with van der Waals surface area (Å²) in [5.41, 5.74) is 3.64. The standard InChI is InChI=1S/C16H12Cl2N2S/c1-20-14-7-6-10(17)8-12(14)16(19-9-15(20)21)11-4-2-3-5-13(11)18/h2-8H,9H2,1H3. The predicted molar refractivity (Wildman–Crippen MR) is 94.4 cm³/mol. The average molecular weight is 335 g/mol. The number of benzene rings is 2. The molecule has 0 aliphatic carbocycles. The molecule has 0 atom stereocenters. The van der Waals surface area contributed by atoms with Gasteiger partial charge in [-0.3, -0.25) is 4.99 Å². The second-order valence-corrected chi connectivity index (χ2v) is 6.07. The molecule has 1 aliphatic rings. The molecule has 106 valence electrons. The van der Waals surface area contributed by atoms with Gasteiger partial charge in [0.2, 0.25) is 0 Å². The van der Waals surface area contributed by atoms with Crippen LogP contribution in [0.5, 0.6) is 0 Å². The molecule has 3 rings (SSSR count). The maximum Gasteiger partial charge on any atom is 0.104 e. The summed E-state index contributed by atoms with van der Waals surface area (Å²) in [5.74, 6) is 0. The summed E-state index contributed by atoms with van der Waals surface area (Å²) in [4.78, 5) is 7.39. The van der Waals surface area contributed by atoms with Crippen LogP contribution in [0.2, 0.25) is 10.0 Å². The zero-order valence-corrected chi connectivity index (χ0v) is 13.6. The number of fused-ring (bicyclic) bond motifs is 1. The molecule has 0 aromatic heterocycles. The number of aliphatic imine (C=N–C) groups is 1. The Bertz CT molecular complexity index is 756. The number of likely N-dealkylation sites (N-methyl/N-ethyl adjacent to an activating group) is 1. The molecule has 21 heavy (non-hydrogen) atoms. The SMILES string of the molecule is CN1C(=S)CN=C(c2ccccc2Cl)c2cc(Cl)ccc21. The number of rotatable bonds is 1. The largest absolute Gasteiger partial charge is 0.337 e. The topological polar surface area (TPSA) is 15.6 Å². The number of hydrogen-bond donors (Lipinski definition) is 0. The molecule has 0 bridgehead atoms. The van der Waals surface area contributed by atoms with Crippen molar-refractivity contribution in [1.82, 2.24) is 0 Å². The third kappa shape index (κ3) is 2.69. The lowest BCUT2D eigenvalue weighted by Gasteiger charge is -2.20. The summed E-state index contributed by atoms with van der Waals surface area (Å²) in [5, 5.41) is 1.33. The molecule has 0 N–H and O–H groups in total. The van der Waals surface area contributed by atoms with Gasteiger partial charge in [0.05, 0.1) is 17.9 Å². The first-order valence-corrected chi connectivity index (χ1v) is 7.60. The molecule has 1 heterocycles. The van der Waals surface area contributed by atoms with E-state index in [1.807, 2.05) is 54.4 Å². The molecule has 0 unspecified atom stereocenters. The Morgan fingerprint density at radius 3 is 2.62 bits per heavy atom. The third-order valence-corrected chi connectivity index (χ3v) is 4.42. The highest BCUT2D eigenvalue weighted by molar-refractivity contribution is 7.80. The minimum Gasteiger partial charge on any atom is -0.337 e. The molecule has 2 aromatic rings. The maximum absolute atomic E-state index is 6.33. The maximum atomic E-state index is 6.33. The van der Waals surface area contributed by atoms with E-state index in [0.717, 1.165) is 27.5 Å². The van der Waals surface area contributed by atoms with Crippen LogP contribution in [0.1, 0.15) is 11.1 Å². The normalized spacial score (nSPS) is 14.5. The molecule has 0 saturated carbocycles. The van der Waals surface area contributed by atoms with Crippen LogP contribution in [0.15, 0.2) is 47.5 Å². The highest BCUT2D eigenvalue weighted by Crippen LogP contribution is 2.30. The lowest BCUT2D eigenvalue weighted by molar-refractivity contribution is 1.23. The summed E-state index contributed by atoms with van der Waals surface area (Å²) >= 11 is 17.9. The van der Waals surface area contributed by atoms with Gasteiger partial charge in [0.1, 0.15) is 4.99 Å². The van der Waals surface area contributed by atoms with Crippen LogP contribution in [0, 0.1) is 0 Å². The number of anilines is 1. The van der Waals surface area contributed by atoms with Crippen molar-refractivity contribution in [3.05, 3.63) is 63.6 Å². The molecule has 0 saturated heterocycles. The number of thiocarbonyl (C=S) groups is 1. The first kappa shape index (κ1) is 14.5. The summed E-state index contributed by atoms with van der Waals surface area (Å²) < 4.78 is 0. The quantitative estimate of drug-likeness (QED) is 0.708. The molecule has 5 heteroatoms. The van der Waals surface area contributed by atoms with Crippen molar-refractivity contribution >= 4 is 51.8 Å². The molecule has 2 aromatic carbocycles. The van der Waals surface area contributed by atoms with Crippen molar-refractivity contribution in [1.29, 1.82) is 0 Å². The molecule has 2 nitrogen and oxygen atoms in total. The second kappa shape index (κ2) is 5.76. The lowest BCUT2D eigenvalue weighted by atomic mass is 10.0. The Morgan fingerprint density at radius 1 is 1.10 bits per heavy atom. The van der Waals surface area contributed by atoms with E-state index in [9.17, 15) is 0 Å². The zero-order valence-electron chi connectivity index (χ0n) is 11.3. The Hall–Kier alpha value is -1.42. The Kier molecular flexibility index (Phi) is 3.98. The number of hydrogen-bond acceptors (Lipinski definition) is 2. The fourth-order valence-electron chi connectivity index (χ4n) is 2.35. The monoisotopic (exact) mass is 334 g/mol. The van der Waals surface area contributed by atoms with E-state index in [0.29, 0.717) is 16.6 Å². The third-order valence-electron chi connectivity index (χ3n) is 3.45.